The van der Waals surface area contributed by atoms with E-state index in [9.17, 15) is 9.90 Å². The zero-order valence-electron chi connectivity index (χ0n) is 8.83. The van der Waals surface area contributed by atoms with E-state index in [4.69, 9.17) is 5.11 Å². The van der Waals surface area contributed by atoms with Crippen molar-refractivity contribution in [1.82, 2.24) is 0 Å². The fourth-order valence-electron chi connectivity index (χ4n) is 2.45. The highest BCUT2D eigenvalue weighted by atomic mass is 16.4. The van der Waals surface area contributed by atoms with Gasteiger partial charge in [0.2, 0.25) is 0 Å². The van der Waals surface area contributed by atoms with Crippen molar-refractivity contribution in [3.05, 3.63) is 0 Å². The van der Waals surface area contributed by atoms with Crippen LogP contribution < -0.4 is 0 Å². The number of unbranched alkanes of at least 4 members (excludes halogenated alkanes) is 2. The van der Waals surface area contributed by atoms with E-state index >= 15 is 0 Å². The molecule has 82 valence electrons. The Morgan fingerprint density at radius 1 is 1.43 bits per heavy atom. The van der Waals surface area contributed by atoms with Crippen LogP contribution >= 0.6 is 0 Å². The van der Waals surface area contributed by atoms with Crippen LogP contribution in [0.5, 0.6) is 0 Å². The second kappa shape index (κ2) is 4.78. The van der Waals surface area contributed by atoms with Crippen LogP contribution in [0.15, 0.2) is 0 Å². The minimum Gasteiger partial charge on any atom is -0.481 e. The van der Waals surface area contributed by atoms with Gasteiger partial charge in [-0.05, 0) is 24.7 Å². The molecule has 0 unspecified atom stereocenters. The largest absolute Gasteiger partial charge is 0.481 e. The van der Waals surface area contributed by atoms with Gasteiger partial charge in [0, 0.05) is 0 Å². The molecule has 1 aliphatic carbocycles. The highest BCUT2D eigenvalue weighted by molar-refractivity contribution is 5.68. The molecule has 0 saturated heterocycles. The Kier molecular flexibility index (Phi) is 3.93. The molecule has 1 rings (SSSR count). The van der Waals surface area contributed by atoms with E-state index in [2.05, 4.69) is 6.92 Å². The fraction of sp³-hybridized carbons (Fsp3) is 0.909. The monoisotopic (exact) mass is 200 g/mol. The Labute approximate surface area is 85.1 Å². The SMILES string of the molecule is CCCCC[C@]1(CC(=O)O)C[C@H](O)C1. The summed E-state index contributed by atoms with van der Waals surface area (Å²) in [6, 6.07) is 0. The maximum absolute atomic E-state index is 10.7. The Bertz CT molecular complexity index is 195. The number of carbonyl (C=O) groups is 1. The lowest BCUT2D eigenvalue weighted by atomic mass is 9.62. The number of aliphatic hydroxyl groups is 1. The summed E-state index contributed by atoms with van der Waals surface area (Å²) >= 11 is 0. The van der Waals surface area contributed by atoms with Gasteiger partial charge in [0.05, 0.1) is 12.5 Å². The van der Waals surface area contributed by atoms with Gasteiger partial charge in [-0.25, -0.2) is 0 Å². The van der Waals surface area contributed by atoms with Gasteiger partial charge in [0.1, 0.15) is 0 Å². The first-order valence-corrected chi connectivity index (χ1v) is 5.48. The second-order valence-corrected chi connectivity index (χ2v) is 4.59. The third-order valence-corrected chi connectivity index (χ3v) is 3.17. The molecule has 0 aliphatic heterocycles. The zero-order chi connectivity index (χ0) is 10.6. The van der Waals surface area contributed by atoms with Gasteiger partial charge in [-0.3, -0.25) is 4.79 Å². The number of hydrogen-bond acceptors (Lipinski definition) is 2. The Hall–Kier alpha value is -0.570. The first kappa shape index (κ1) is 11.5. The maximum atomic E-state index is 10.7. The van der Waals surface area contributed by atoms with E-state index < -0.39 is 5.97 Å². The van der Waals surface area contributed by atoms with Crippen LogP contribution in [0.25, 0.3) is 0 Å². The number of carboxylic acid groups (broad SMARTS) is 1. The summed E-state index contributed by atoms with van der Waals surface area (Å²) < 4.78 is 0. The van der Waals surface area contributed by atoms with Gasteiger partial charge in [-0.1, -0.05) is 26.2 Å². The molecule has 1 aliphatic rings. The predicted molar refractivity (Wildman–Crippen MR) is 54.1 cm³/mol. The molecule has 0 aromatic rings. The third kappa shape index (κ3) is 2.98. The highest BCUT2D eigenvalue weighted by Crippen LogP contribution is 2.48. The van der Waals surface area contributed by atoms with Gasteiger partial charge in [0.15, 0.2) is 0 Å². The molecule has 3 heteroatoms. The summed E-state index contributed by atoms with van der Waals surface area (Å²) in [5.41, 5.74) is -0.0829. The molecule has 1 fully saturated rings. The van der Waals surface area contributed by atoms with Crippen molar-refractivity contribution in [2.24, 2.45) is 5.41 Å². The first-order valence-electron chi connectivity index (χ1n) is 5.48. The van der Waals surface area contributed by atoms with Gasteiger partial charge >= 0.3 is 5.97 Å². The standard InChI is InChI=1S/C11H20O3/c1-2-3-4-5-11(8-10(13)14)6-9(12)7-11/h9,12H,2-8H2,1H3,(H,13,14)/t9-,11-. The molecule has 0 bridgehead atoms. The van der Waals surface area contributed by atoms with Gasteiger partial charge in [-0.2, -0.15) is 0 Å². The molecular weight excluding hydrogens is 180 g/mol. The van der Waals surface area contributed by atoms with Crippen LogP contribution in [-0.4, -0.2) is 22.3 Å². The van der Waals surface area contributed by atoms with Crippen molar-refractivity contribution >= 4 is 5.97 Å². The molecule has 0 aromatic heterocycles. The van der Waals surface area contributed by atoms with E-state index in [0.29, 0.717) is 12.8 Å². The third-order valence-electron chi connectivity index (χ3n) is 3.17. The van der Waals surface area contributed by atoms with Crippen molar-refractivity contribution < 1.29 is 15.0 Å². The summed E-state index contributed by atoms with van der Waals surface area (Å²) in [5.74, 6) is -0.728. The van der Waals surface area contributed by atoms with Crippen molar-refractivity contribution in [2.75, 3.05) is 0 Å². The van der Waals surface area contributed by atoms with E-state index in [1.165, 1.54) is 0 Å². The van der Waals surface area contributed by atoms with E-state index in [1.807, 2.05) is 0 Å². The molecule has 0 radical (unpaired) electrons. The Morgan fingerprint density at radius 3 is 2.50 bits per heavy atom. The van der Waals surface area contributed by atoms with Crippen molar-refractivity contribution in [3.8, 4) is 0 Å². The number of rotatable bonds is 6. The summed E-state index contributed by atoms with van der Waals surface area (Å²) in [4.78, 5) is 10.7. The smallest absolute Gasteiger partial charge is 0.303 e. The molecule has 0 spiro atoms. The van der Waals surface area contributed by atoms with Crippen LogP contribution in [-0.2, 0) is 4.79 Å². The van der Waals surface area contributed by atoms with Crippen LogP contribution in [0.3, 0.4) is 0 Å². The molecule has 2 N–H and O–H groups in total. The molecular formula is C11H20O3. The van der Waals surface area contributed by atoms with Crippen LogP contribution in [0.4, 0.5) is 0 Å². The molecule has 3 nitrogen and oxygen atoms in total. The lowest BCUT2D eigenvalue weighted by Crippen LogP contribution is -2.42. The molecule has 0 heterocycles. The van der Waals surface area contributed by atoms with Crippen LogP contribution in [0.2, 0.25) is 0 Å². The van der Waals surface area contributed by atoms with Crippen molar-refractivity contribution in [1.29, 1.82) is 0 Å². The van der Waals surface area contributed by atoms with E-state index in [0.717, 1.165) is 25.7 Å². The van der Waals surface area contributed by atoms with Crippen LogP contribution in [0, 0.1) is 5.41 Å². The number of aliphatic hydroxyl groups excluding tert-OH is 1. The second-order valence-electron chi connectivity index (χ2n) is 4.59. The quantitative estimate of drug-likeness (QED) is 0.646. The van der Waals surface area contributed by atoms with Crippen molar-refractivity contribution in [2.45, 2.75) is 58.0 Å². The number of aliphatic carboxylic acids is 1. The molecule has 0 aromatic carbocycles. The molecule has 1 saturated carbocycles. The zero-order valence-corrected chi connectivity index (χ0v) is 8.83. The lowest BCUT2D eigenvalue weighted by molar-refractivity contribution is -0.145. The minimum absolute atomic E-state index is 0.0829. The Balaban J connectivity index is 2.35. The summed E-state index contributed by atoms with van der Waals surface area (Å²) in [5, 5.41) is 18.0. The predicted octanol–water partition coefficient (Wildman–Crippen LogP) is 2.18. The normalized spacial score (nSPS) is 31.1. The molecule has 0 atom stereocenters. The lowest BCUT2D eigenvalue weighted by Gasteiger charge is -2.44. The first-order chi connectivity index (χ1) is 6.58. The number of carboxylic acids is 1. The van der Waals surface area contributed by atoms with Crippen LogP contribution in [0.1, 0.15) is 51.9 Å². The number of hydrogen-bond donors (Lipinski definition) is 2. The summed E-state index contributed by atoms with van der Waals surface area (Å²) in [6.07, 6.45) is 5.72. The van der Waals surface area contributed by atoms with E-state index in [-0.39, 0.29) is 17.9 Å². The van der Waals surface area contributed by atoms with Gasteiger partial charge in [0.25, 0.3) is 0 Å². The average molecular weight is 200 g/mol. The fourth-order valence-corrected chi connectivity index (χ4v) is 2.45. The van der Waals surface area contributed by atoms with Gasteiger partial charge < -0.3 is 10.2 Å². The minimum atomic E-state index is -0.728. The van der Waals surface area contributed by atoms with E-state index in [1.54, 1.807) is 0 Å². The summed E-state index contributed by atoms with van der Waals surface area (Å²) in [7, 11) is 0. The highest BCUT2D eigenvalue weighted by Gasteiger charge is 2.44. The Morgan fingerprint density at radius 2 is 2.07 bits per heavy atom. The average Bonchev–Trinajstić information content (AvgIpc) is 2.01. The van der Waals surface area contributed by atoms with Crippen molar-refractivity contribution in [3.63, 3.8) is 0 Å². The maximum Gasteiger partial charge on any atom is 0.303 e. The summed E-state index contributed by atoms with van der Waals surface area (Å²) in [6.45, 7) is 2.14. The van der Waals surface area contributed by atoms with Gasteiger partial charge in [-0.15, -0.1) is 0 Å². The molecule has 14 heavy (non-hydrogen) atoms. The molecule has 0 amide bonds. The topological polar surface area (TPSA) is 57.5 Å².